The average Bonchev–Trinajstić information content (AvgIpc) is 2.58. The molecule has 2 aromatic rings. The highest BCUT2D eigenvalue weighted by Crippen LogP contribution is 2.29. The van der Waals surface area contributed by atoms with Crippen molar-refractivity contribution in [2.24, 2.45) is 0 Å². The van der Waals surface area contributed by atoms with E-state index in [1.165, 1.54) is 7.11 Å². The molecule has 1 atom stereocenters. The molecular formula is C17H21BrN4O4. The molecule has 0 saturated heterocycles. The van der Waals surface area contributed by atoms with Gasteiger partial charge in [-0.1, -0.05) is 0 Å². The number of fused-ring (bicyclic) bond motifs is 1. The number of amides is 1. The molecule has 0 aliphatic heterocycles. The molecule has 0 radical (unpaired) electrons. The van der Waals surface area contributed by atoms with Gasteiger partial charge in [0.05, 0.1) is 29.3 Å². The van der Waals surface area contributed by atoms with E-state index < -0.39 is 23.7 Å². The third-order valence-corrected chi connectivity index (χ3v) is 4.05. The summed E-state index contributed by atoms with van der Waals surface area (Å²) in [5, 5.41) is 5.61. The fraction of sp³-hybridized carbons (Fsp3) is 0.412. The van der Waals surface area contributed by atoms with Gasteiger partial charge in [0.25, 0.3) is 0 Å². The summed E-state index contributed by atoms with van der Waals surface area (Å²) >= 11 is 3.47. The predicted molar refractivity (Wildman–Crippen MR) is 101 cm³/mol. The van der Waals surface area contributed by atoms with Gasteiger partial charge in [-0.15, -0.1) is 0 Å². The highest BCUT2D eigenvalue weighted by Gasteiger charge is 2.23. The van der Waals surface area contributed by atoms with Gasteiger partial charge in [0.2, 0.25) is 0 Å². The number of alkyl carbamates (subject to hydrolysis) is 1. The van der Waals surface area contributed by atoms with Crippen molar-refractivity contribution in [3.05, 3.63) is 29.0 Å². The zero-order valence-corrected chi connectivity index (χ0v) is 16.6. The van der Waals surface area contributed by atoms with Crippen LogP contribution >= 0.6 is 15.9 Å². The highest BCUT2D eigenvalue weighted by atomic mass is 79.9. The van der Waals surface area contributed by atoms with E-state index in [1.807, 2.05) is 0 Å². The first-order valence-corrected chi connectivity index (χ1v) is 8.71. The number of hydrogen-bond acceptors (Lipinski definition) is 7. The number of methoxy groups -OCH3 is 1. The number of benzene rings is 1. The molecule has 1 aromatic carbocycles. The number of esters is 1. The van der Waals surface area contributed by atoms with E-state index in [-0.39, 0.29) is 6.54 Å². The Bertz CT molecular complexity index is 807. The first-order chi connectivity index (χ1) is 12.2. The number of aromatic nitrogens is 2. The van der Waals surface area contributed by atoms with Crippen LogP contribution in [-0.4, -0.2) is 47.3 Å². The van der Waals surface area contributed by atoms with Gasteiger partial charge in [0.1, 0.15) is 17.2 Å². The molecule has 0 spiro atoms. The second kappa shape index (κ2) is 8.31. The SMILES string of the molecule is COC(=O)C(CNC(=O)OC(C)(C)C)Nc1ccc2nccnc2c1Br. The highest BCUT2D eigenvalue weighted by molar-refractivity contribution is 9.10. The Morgan fingerprint density at radius 3 is 2.58 bits per heavy atom. The summed E-state index contributed by atoms with van der Waals surface area (Å²) in [6.45, 7) is 5.27. The number of carbonyl (C=O) groups excluding carboxylic acids is 2. The lowest BCUT2D eigenvalue weighted by molar-refractivity contribution is -0.141. The summed E-state index contributed by atoms with van der Waals surface area (Å²) in [6.07, 6.45) is 2.57. The summed E-state index contributed by atoms with van der Waals surface area (Å²) in [5.41, 5.74) is 1.37. The molecule has 26 heavy (non-hydrogen) atoms. The van der Waals surface area contributed by atoms with Crippen molar-refractivity contribution >= 4 is 44.7 Å². The first kappa shape index (κ1) is 19.9. The molecule has 1 heterocycles. The molecule has 8 nitrogen and oxygen atoms in total. The Morgan fingerprint density at radius 1 is 1.23 bits per heavy atom. The number of rotatable bonds is 5. The van der Waals surface area contributed by atoms with E-state index in [0.29, 0.717) is 21.2 Å². The fourth-order valence-electron chi connectivity index (χ4n) is 2.14. The van der Waals surface area contributed by atoms with Crippen LogP contribution in [-0.2, 0) is 14.3 Å². The van der Waals surface area contributed by atoms with Crippen LogP contribution in [0.1, 0.15) is 20.8 Å². The van der Waals surface area contributed by atoms with Crippen LogP contribution in [0.15, 0.2) is 29.0 Å². The topological polar surface area (TPSA) is 102 Å². The van der Waals surface area contributed by atoms with Gasteiger partial charge in [-0.2, -0.15) is 0 Å². The summed E-state index contributed by atoms with van der Waals surface area (Å²) in [6, 6.07) is 2.74. The molecule has 0 aliphatic rings. The maximum Gasteiger partial charge on any atom is 0.407 e. The van der Waals surface area contributed by atoms with Crippen molar-refractivity contribution in [3.8, 4) is 0 Å². The van der Waals surface area contributed by atoms with Crippen molar-refractivity contribution in [2.45, 2.75) is 32.4 Å². The molecular weight excluding hydrogens is 404 g/mol. The minimum absolute atomic E-state index is 0.00741. The second-order valence-corrected chi connectivity index (χ2v) is 7.25. The normalized spacial score (nSPS) is 12.3. The maximum atomic E-state index is 12.1. The number of halogens is 1. The number of hydrogen-bond donors (Lipinski definition) is 2. The lowest BCUT2D eigenvalue weighted by atomic mass is 10.2. The third-order valence-electron chi connectivity index (χ3n) is 3.24. The van der Waals surface area contributed by atoms with Gasteiger partial charge in [-0.05, 0) is 48.8 Å². The molecule has 0 fully saturated rings. The van der Waals surface area contributed by atoms with Gasteiger partial charge in [0.15, 0.2) is 0 Å². The quantitative estimate of drug-likeness (QED) is 0.711. The van der Waals surface area contributed by atoms with E-state index >= 15 is 0 Å². The number of carbonyl (C=O) groups is 2. The molecule has 1 amide bonds. The standard InChI is InChI=1S/C17H21BrN4O4/c1-17(2,3)26-16(24)21-9-12(15(23)25-4)22-10-5-6-11-14(13(10)18)20-8-7-19-11/h5-8,12,22H,9H2,1-4H3,(H,21,24). The van der Waals surface area contributed by atoms with Gasteiger partial charge >= 0.3 is 12.1 Å². The number of nitrogens with zero attached hydrogens (tertiary/aromatic N) is 2. The maximum absolute atomic E-state index is 12.1. The van der Waals surface area contributed by atoms with Gasteiger partial charge < -0.3 is 20.1 Å². The molecule has 0 saturated carbocycles. The van der Waals surface area contributed by atoms with Crippen molar-refractivity contribution in [1.29, 1.82) is 0 Å². The molecule has 2 rings (SSSR count). The van der Waals surface area contributed by atoms with Crippen LogP contribution in [0.25, 0.3) is 11.0 Å². The van der Waals surface area contributed by atoms with Crippen molar-refractivity contribution in [1.82, 2.24) is 15.3 Å². The summed E-state index contributed by atoms with van der Waals surface area (Å²) in [4.78, 5) is 32.4. The van der Waals surface area contributed by atoms with Gasteiger partial charge in [-0.25, -0.2) is 9.59 Å². The Morgan fingerprint density at radius 2 is 1.92 bits per heavy atom. The minimum Gasteiger partial charge on any atom is -0.467 e. The fourth-order valence-corrected chi connectivity index (χ4v) is 2.69. The van der Waals surface area contributed by atoms with E-state index in [9.17, 15) is 9.59 Å². The molecule has 2 N–H and O–H groups in total. The van der Waals surface area contributed by atoms with E-state index in [1.54, 1.807) is 45.3 Å². The monoisotopic (exact) mass is 424 g/mol. The summed E-state index contributed by atoms with van der Waals surface area (Å²) in [5.74, 6) is -0.521. The van der Waals surface area contributed by atoms with Crippen LogP contribution < -0.4 is 10.6 Å². The average molecular weight is 425 g/mol. The Labute approximate surface area is 159 Å². The van der Waals surface area contributed by atoms with Crippen molar-refractivity contribution < 1.29 is 19.1 Å². The Hall–Kier alpha value is -2.42. The van der Waals surface area contributed by atoms with Crippen LogP contribution in [0.5, 0.6) is 0 Å². The lowest BCUT2D eigenvalue weighted by Crippen LogP contribution is -2.43. The first-order valence-electron chi connectivity index (χ1n) is 7.91. The Balaban J connectivity index is 2.14. The molecule has 1 unspecified atom stereocenters. The van der Waals surface area contributed by atoms with Crippen molar-refractivity contribution in [2.75, 3.05) is 19.0 Å². The molecule has 0 aliphatic carbocycles. The third kappa shape index (κ3) is 5.29. The Kier molecular flexibility index (Phi) is 6.36. The van der Waals surface area contributed by atoms with Crippen LogP contribution in [0.2, 0.25) is 0 Å². The van der Waals surface area contributed by atoms with Crippen LogP contribution in [0.4, 0.5) is 10.5 Å². The van der Waals surface area contributed by atoms with Crippen molar-refractivity contribution in [3.63, 3.8) is 0 Å². The van der Waals surface area contributed by atoms with Gasteiger partial charge in [-0.3, -0.25) is 9.97 Å². The number of anilines is 1. The summed E-state index contributed by atoms with van der Waals surface area (Å²) < 4.78 is 10.6. The van der Waals surface area contributed by atoms with Crippen LogP contribution in [0.3, 0.4) is 0 Å². The molecule has 0 bridgehead atoms. The number of nitrogens with one attached hydrogen (secondary N) is 2. The second-order valence-electron chi connectivity index (χ2n) is 6.45. The molecule has 9 heteroatoms. The van der Waals surface area contributed by atoms with E-state index in [2.05, 4.69) is 36.5 Å². The van der Waals surface area contributed by atoms with E-state index in [4.69, 9.17) is 9.47 Å². The smallest absolute Gasteiger partial charge is 0.407 e. The molecule has 140 valence electrons. The predicted octanol–water partition coefficient (Wildman–Crippen LogP) is 2.87. The van der Waals surface area contributed by atoms with Crippen LogP contribution in [0, 0.1) is 0 Å². The summed E-state index contributed by atoms with van der Waals surface area (Å²) in [7, 11) is 1.28. The largest absolute Gasteiger partial charge is 0.467 e. The zero-order valence-electron chi connectivity index (χ0n) is 15.0. The van der Waals surface area contributed by atoms with Gasteiger partial charge in [0, 0.05) is 12.4 Å². The number of ether oxygens (including phenoxy) is 2. The minimum atomic E-state index is -0.807. The lowest BCUT2D eigenvalue weighted by Gasteiger charge is -2.22. The van der Waals surface area contributed by atoms with E-state index in [0.717, 1.165) is 0 Å². The molecule has 1 aromatic heterocycles. The zero-order chi connectivity index (χ0) is 19.3.